The van der Waals surface area contributed by atoms with Gasteiger partial charge in [-0.2, -0.15) is 0 Å². The Morgan fingerprint density at radius 1 is 1.22 bits per heavy atom. The van der Waals surface area contributed by atoms with Gasteiger partial charge in [-0.05, 0) is 42.5 Å². The van der Waals surface area contributed by atoms with Gasteiger partial charge in [-0.25, -0.2) is 4.79 Å². The van der Waals surface area contributed by atoms with Crippen molar-refractivity contribution in [1.82, 2.24) is 5.32 Å². The number of benzene rings is 2. The molecule has 0 saturated carbocycles. The number of nitrogens with zero attached hydrogens (tertiary/aromatic N) is 1. The van der Waals surface area contributed by atoms with Crippen LogP contribution in [0.4, 0.5) is 16.2 Å². The van der Waals surface area contributed by atoms with Crippen LogP contribution in [0, 0.1) is 0 Å². The van der Waals surface area contributed by atoms with Gasteiger partial charge < -0.3 is 15.4 Å². The molecule has 118 valence electrons. The molecule has 1 aliphatic rings. The van der Waals surface area contributed by atoms with E-state index in [1.165, 1.54) is 0 Å². The summed E-state index contributed by atoms with van der Waals surface area (Å²) in [5.74, 6) is 0.420. The highest BCUT2D eigenvalue weighted by Crippen LogP contribution is 2.20. The molecule has 1 heterocycles. The fourth-order valence-electron chi connectivity index (χ4n) is 2.41. The number of nitrogens with one attached hydrogen (secondary N) is 2. The smallest absolute Gasteiger partial charge is 0.321 e. The van der Waals surface area contributed by atoms with Crippen molar-refractivity contribution >= 4 is 23.3 Å². The van der Waals surface area contributed by atoms with E-state index in [4.69, 9.17) is 4.74 Å². The molecule has 23 heavy (non-hydrogen) atoms. The molecule has 1 aliphatic heterocycles. The quantitative estimate of drug-likeness (QED) is 0.911. The number of hydrogen-bond acceptors (Lipinski definition) is 3. The van der Waals surface area contributed by atoms with E-state index in [1.807, 2.05) is 12.1 Å². The molecular weight excluding hydrogens is 294 g/mol. The van der Waals surface area contributed by atoms with E-state index in [0.717, 1.165) is 5.69 Å². The number of amides is 3. The van der Waals surface area contributed by atoms with Crippen molar-refractivity contribution in [2.24, 2.45) is 0 Å². The minimum absolute atomic E-state index is 0.0989. The van der Waals surface area contributed by atoms with Gasteiger partial charge in [0.15, 0.2) is 0 Å². The predicted molar refractivity (Wildman–Crippen MR) is 88.1 cm³/mol. The highest BCUT2D eigenvalue weighted by Gasteiger charge is 2.20. The third-order valence-corrected chi connectivity index (χ3v) is 3.63. The first kappa shape index (κ1) is 14.9. The lowest BCUT2D eigenvalue weighted by Crippen LogP contribution is -2.27. The summed E-state index contributed by atoms with van der Waals surface area (Å²) < 4.78 is 5.11. The first-order valence-corrected chi connectivity index (χ1v) is 7.28. The molecule has 2 aromatic carbocycles. The SMILES string of the molecule is COc1cccc(C(=O)Nc2ccc(N3CCNC3=O)cc2)c1. The zero-order valence-corrected chi connectivity index (χ0v) is 12.7. The summed E-state index contributed by atoms with van der Waals surface area (Å²) in [6, 6.07) is 14.0. The molecule has 2 aromatic rings. The molecule has 0 aliphatic carbocycles. The third-order valence-electron chi connectivity index (χ3n) is 3.63. The van der Waals surface area contributed by atoms with Gasteiger partial charge in [0.2, 0.25) is 0 Å². The molecular formula is C17H17N3O3. The van der Waals surface area contributed by atoms with Crippen LogP contribution < -0.4 is 20.3 Å². The second-order valence-corrected chi connectivity index (χ2v) is 5.12. The Balaban J connectivity index is 1.70. The Morgan fingerprint density at radius 2 is 2.00 bits per heavy atom. The van der Waals surface area contributed by atoms with Crippen LogP contribution in [0.2, 0.25) is 0 Å². The van der Waals surface area contributed by atoms with Crippen LogP contribution in [0.1, 0.15) is 10.4 Å². The number of ether oxygens (including phenoxy) is 1. The first-order valence-electron chi connectivity index (χ1n) is 7.28. The molecule has 0 aromatic heterocycles. The topological polar surface area (TPSA) is 70.7 Å². The normalized spacial score (nSPS) is 13.6. The summed E-state index contributed by atoms with van der Waals surface area (Å²) in [6.07, 6.45) is 0. The number of hydrogen-bond donors (Lipinski definition) is 2. The lowest BCUT2D eigenvalue weighted by atomic mass is 10.2. The largest absolute Gasteiger partial charge is 0.497 e. The first-order chi connectivity index (χ1) is 11.2. The lowest BCUT2D eigenvalue weighted by molar-refractivity contribution is 0.102. The highest BCUT2D eigenvalue weighted by molar-refractivity contribution is 6.04. The van der Waals surface area contributed by atoms with Crippen LogP contribution in [0.25, 0.3) is 0 Å². The summed E-state index contributed by atoms with van der Waals surface area (Å²) >= 11 is 0. The average Bonchev–Trinajstić information content (AvgIpc) is 3.01. The molecule has 0 atom stereocenters. The van der Waals surface area contributed by atoms with Crippen LogP contribution in [-0.4, -0.2) is 32.1 Å². The van der Waals surface area contributed by atoms with Gasteiger partial charge in [-0.3, -0.25) is 9.69 Å². The fraction of sp³-hybridized carbons (Fsp3) is 0.176. The summed E-state index contributed by atoms with van der Waals surface area (Å²) in [7, 11) is 1.56. The van der Waals surface area contributed by atoms with Gasteiger partial charge in [0, 0.05) is 30.0 Å². The van der Waals surface area contributed by atoms with Crippen LogP contribution in [0.3, 0.4) is 0 Å². The molecule has 0 bridgehead atoms. The monoisotopic (exact) mass is 311 g/mol. The van der Waals surface area contributed by atoms with Gasteiger partial charge in [0.25, 0.3) is 5.91 Å². The van der Waals surface area contributed by atoms with Crippen molar-refractivity contribution in [2.75, 3.05) is 30.4 Å². The highest BCUT2D eigenvalue weighted by atomic mass is 16.5. The molecule has 0 radical (unpaired) electrons. The molecule has 3 amide bonds. The van der Waals surface area contributed by atoms with E-state index in [-0.39, 0.29) is 11.9 Å². The van der Waals surface area contributed by atoms with E-state index in [0.29, 0.717) is 30.1 Å². The summed E-state index contributed by atoms with van der Waals surface area (Å²) in [4.78, 5) is 25.5. The minimum Gasteiger partial charge on any atom is -0.497 e. The minimum atomic E-state index is -0.212. The Hall–Kier alpha value is -3.02. The van der Waals surface area contributed by atoms with Crippen molar-refractivity contribution in [3.8, 4) is 5.75 Å². The summed E-state index contributed by atoms with van der Waals surface area (Å²) in [5.41, 5.74) is 1.99. The van der Waals surface area contributed by atoms with E-state index in [2.05, 4.69) is 10.6 Å². The Labute approximate surface area is 134 Å². The number of carbonyl (C=O) groups is 2. The number of anilines is 2. The van der Waals surface area contributed by atoms with Gasteiger partial charge >= 0.3 is 6.03 Å². The predicted octanol–water partition coefficient (Wildman–Crippen LogP) is 2.48. The number of urea groups is 1. The zero-order valence-electron chi connectivity index (χ0n) is 12.7. The molecule has 3 rings (SSSR count). The molecule has 0 spiro atoms. The van der Waals surface area contributed by atoms with E-state index in [9.17, 15) is 9.59 Å². The van der Waals surface area contributed by atoms with Crippen molar-refractivity contribution in [3.63, 3.8) is 0 Å². The Morgan fingerprint density at radius 3 is 2.65 bits per heavy atom. The maximum atomic E-state index is 12.2. The number of methoxy groups -OCH3 is 1. The van der Waals surface area contributed by atoms with E-state index >= 15 is 0 Å². The fourth-order valence-corrected chi connectivity index (χ4v) is 2.41. The standard InChI is InChI=1S/C17H17N3O3/c1-23-15-4-2-3-12(11-15)16(21)19-13-5-7-14(8-6-13)20-10-9-18-17(20)22/h2-8,11H,9-10H2,1H3,(H,18,22)(H,19,21). The van der Waals surface area contributed by atoms with E-state index in [1.54, 1.807) is 48.4 Å². The summed E-state index contributed by atoms with van der Waals surface area (Å²) in [6.45, 7) is 1.29. The van der Waals surface area contributed by atoms with Crippen molar-refractivity contribution in [2.45, 2.75) is 0 Å². The van der Waals surface area contributed by atoms with Crippen LogP contribution >= 0.6 is 0 Å². The van der Waals surface area contributed by atoms with Crippen LogP contribution in [-0.2, 0) is 0 Å². The van der Waals surface area contributed by atoms with Gasteiger partial charge in [0.1, 0.15) is 5.75 Å². The molecule has 2 N–H and O–H groups in total. The molecule has 6 heteroatoms. The second kappa shape index (κ2) is 6.39. The maximum absolute atomic E-state index is 12.2. The molecule has 1 saturated heterocycles. The molecule has 0 unspecified atom stereocenters. The maximum Gasteiger partial charge on any atom is 0.321 e. The number of rotatable bonds is 4. The molecule has 6 nitrogen and oxygen atoms in total. The number of carbonyl (C=O) groups excluding carboxylic acids is 2. The Kier molecular flexibility index (Phi) is 4.14. The van der Waals surface area contributed by atoms with Gasteiger partial charge in [-0.15, -0.1) is 0 Å². The lowest BCUT2D eigenvalue weighted by Gasteiger charge is -2.14. The third kappa shape index (κ3) is 3.26. The summed E-state index contributed by atoms with van der Waals surface area (Å²) in [5, 5.41) is 5.58. The van der Waals surface area contributed by atoms with Crippen molar-refractivity contribution in [3.05, 3.63) is 54.1 Å². The van der Waals surface area contributed by atoms with Crippen molar-refractivity contribution < 1.29 is 14.3 Å². The average molecular weight is 311 g/mol. The Bertz CT molecular complexity index is 728. The van der Waals surface area contributed by atoms with Crippen LogP contribution in [0.15, 0.2) is 48.5 Å². The van der Waals surface area contributed by atoms with Gasteiger partial charge in [0.05, 0.1) is 7.11 Å². The zero-order chi connectivity index (χ0) is 16.2. The second-order valence-electron chi connectivity index (χ2n) is 5.12. The van der Waals surface area contributed by atoms with E-state index < -0.39 is 0 Å². The van der Waals surface area contributed by atoms with Gasteiger partial charge in [-0.1, -0.05) is 6.07 Å². The van der Waals surface area contributed by atoms with Crippen molar-refractivity contribution in [1.29, 1.82) is 0 Å². The molecule has 1 fully saturated rings. The van der Waals surface area contributed by atoms with Crippen LogP contribution in [0.5, 0.6) is 5.75 Å².